The van der Waals surface area contributed by atoms with Gasteiger partial charge in [0.1, 0.15) is 12.8 Å². The summed E-state index contributed by atoms with van der Waals surface area (Å²) in [5, 5.41) is 27.1. The number of rotatable bonds is 7. The van der Waals surface area contributed by atoms with Crippen LogP contribution in [0.1, 0.15) is 20.3 Å². The second-order valence-corrected chi connectivity index (χ2v) is 10.5. The summed E-state index contributed by atoms with van der Waals surface area (Å²) in [4.78, 5) is 46.2. The van der Waals surface area contributed by atoms with E-state index in [-0.39, 0.29) is 46.7 Å². The van der Waals surface area contributed by atoms with Crippen LogP contribution in [0.25, 0.3) is 0 Å². The number of likely N-dealkylation sites (tertiary alicyclic amines) is 1. The monoisotopic (exact) mass is 481 g/mol. The number of aliphatic hydroxyl groups is 1. The van der Waals surface area contributed by atoms with Gasteiger partial charge < -0.3 is 35.9 Å². The summed E-state index contributed by atoms with van der Waals surface area (Å²) in [7, 11) is 1.47. The van der Waals surface area contributed by atoms with Crippen LogP contribution >= 0.6 is 11.8 Å². The highest BCUT2D eigenvalue weighted by Gasteiger charge is 2.60. The topological polar surface area (TPSA) is 158 Å². The Bertz CT molecular complexity index is 908. The molecule has 2 amide bonds. The van der Waals surface area contributed by atoms with E-state index in [1.54, 1.807) is 11.8 Å². The first kappa shape index (κ1) is 24.0. The Labute approximate surface area is 196 Å². The molecule has 0 saturated carbocycles. The third-order valence-electron chi connectivity index (χ3n) is 7.06. The first-order valence-corrected chi connectivity index (χ1v) is 12.0. The summed E-state index contributed by atoms with van der Waals surface area (Å²) >= 11 is 1.43. The molecule has 5 N–H and O–H groups in total. The zero-order valence-electron chi connectivity index (χ0n) is 18.9. The molecule has 1 unspecified atom stereocenters. The van der Waals surface area contributed by atoms with Gasteiger partial charge in [0.25, 0.3) is 0 Å². The minimum Gasteiger partial charge on any atom is -0.477 e. The van der Waals surface area contributed by atoms with Crippen LogP contribution in [0.15, 0.2) is 15.8 Å². The minimum absolute atomic E-state index is 0.00965. The van der Waals surface area contributed by atoms with Gasteiger partial charge in [0.2, 0.25) is 11.8 Å². The van der Waals surface area contributed by atoms with Gasteiger partial charge in [-0.2, -0.15) is 0 Å². The van der Waals surface area contributed by atoms with Crippen molar-refractivity contribution in [1.82, 2.24) is 15.1 Å². The number of aliphatic carboxylic acids is 1. The first-order chi connectivity index (χ1) is 15.7. The van der Waals surface area contributed by atoms with Crippen molar-refractivity contribution in [2.45, 2.75) is 43.7 Å². The van der Waals surface area contributed by atoms with Crippen molar-refractivity contribution >= 4 is 35.3 Å². The molecule has 4 heterocycles. The average molecular weight is 482 g/mol. The Morgan fingerprint density at radius 1 is 1.42 bits per heavy atom. The van der Waals surface area contributed by atoms with Gasteiger partial charge in [-0.1, -0.05) is 12.1 Å². The molecule has 0 aliphatic carbocycles. The van der Waals surface area contributed by atoms with Gasteiger partial charge in [0.05, 0.1) is 36.4 Å². The molecule has 0 aromatic rings. The van der Waals surface area contributed by atoms with Crippen LogP contribution in [-0.4, -0.2) is 100 Å². The Morgan fingerprint density at radius 2 is 2.15 bits per heavy atom. The van der Waals surface area contributed by atoms with Gasteiger partial charge in [0.15, 0.2) is 0 Å². The Kier molecular flexibility index (Phi) is 6.72. The third kappa shape index (κ3) is 4.02. The number of hydrogen-bond acceptors (Lipinski definition) is 9. The highest BCUT2D eigenvalue weighted by atomic mass is 32.2. The summed E-state index contributed by atoms with van der Waals surface area (Å²) in [6, 6.07) is -0.716. The van der Waals surface area contributed by atoms with Crippen molar-refractivity contribution in [3.63, 3.8) is 0 Å². The molecule has 0 aromatic carbocycles. The maximum Gasteiger partial charge on any atom is 0.353 e. The van der Waals surface area contributed by atoms with Crippen molar-refractivity contribution in [3.8, 4) is 0 Å². The average Bonchev–Trinajstić information content (AvgIpc) is 3.44. The van der Waals surface area contributed by atoms with E-state index in [1.807, 2.05) is 6.92 Å². The fraction of sp³-hybridized carbons (Fsp3) is 0.714. The summed E-state index contributed by atoms with van der Waals surface area (Å²) in [6.07, 6.45) is -0.286. The van der Waals surface area contributed by atoms with Crippen LogP contribution in [0.2, 0.25) is 0 Å². The zero-order valence-corrected chi connectivity index (χ0v) is 19.7. The normalized spacial score (nSPS) is 35.8. The summed E-state index contributed by atoms with van der Waals surface area (Å²) in [6.45, 7) is 5.28. The molecule has 0 aromatic heterocycles. The van der Waals surface area contributed by atoms with E-state index in [0.29, 0.717) is 37.5 Å². The van der Waals surface area contributed by atoms with Crippen molar-refractivity contribution < 1.29 is 29.4 Å². The van der Waals surface area contributed by atoms with Crippen molar-refractivity contribution in [1.29, 1.82) is 0 Å². The molecular formula is C21H31N5O6S. The van der Waals surface area contributed by atoms with E-state index in [4.69, 9.17) is 10.6 Å². The molecule has 4 rings (SSSR count). The molecule has 0 bridgehead atoms. The zero-order chi connectivity index (χ0) is 24.0. The second-order valence-electron chi connectivity index (χ2n) is 9.12. The fourth-order valence-corrected chi connectivity index (χ4v) is 6.90. The number of nitrogens with two attached hydrogens (primary N) is 1. The van der Waals surface area contributed by atoms with Crippen LogP contribution in [-0.2, 0) is 19.2 Å². The van der Waals surface area contributed by atoms with Crippen LogP contribution < -0.4 is 11.1 Å². The molecule has 0 spiro atoms. The van der Waals surface area contributed by atoms with Gasteiger partial charge >= 0.3 is 5.97 Å². The Hall–Kier alpha value is -2.15. The van der Waals surface area contributed by atoms with E-state index in [1.165, 1.54) is 23.8 Å². The van der Waals surface area contributed by atoms with Crippen LogP contribution in [0.3, 0.4) is 0 Å². The minimum atomic E-state index is -1.14. The number of nitrogens with one attached hydrogen (secondary N) is 1. The van der Waals surface area contributed by atoms with Gasteiger partial charge in [-0.3, -0.25) is 9.59 Å². The highest BCUT2D eigenvalue weighted by Crippen LogP contribution is 2.51. The van der Waals surface area contributed by atoms with Gasteiger partial charge in [-0.15, -0.1) is 11.8 Å². The van der Waals surface area contributed by atoms with Crippen LogP contribution in [0.4, 0.5) is 0 Å². The van der Waals surface area contributed by atoms with E-state index < -0.39 is 18.0 Å². The number of amides is 2. The molecule has 12 heteroatoms. The van der Waals surface area contributed by atoms with E-state index in [2.05, 4.69) is 10.5 Å². The molecular weight excluding hydrogens is 450 g/mol. The fourth-order valence-electron chi connectivity index (χ4n) is 5.42. The number of hydrogen-bond donors (Lipinski definition) is 4. The maximum absolute atomic E-state index is 13.1. The summed E-state index contributed by atoms with van der Waals surface area (Å²) in [5.74, 6) is -2.31. The van der Waals surface area contributed by atoms with Crippen molar-refractivity contribution in [3.05, 3.63) is 10.6 Å². The Balaban J connectivity index is 1.43. The van der Waals surface area contributed by atoms with Gasteiger partial charge in [0, 0.05) is 41.6 Å². The lowest BCUT2D eigenvalue weighted by molar-refractivity contribution is -0.163. The van der Waals surface area contributed by atoms with Crippen LogP contribution in [0, 0.1) is 17.8 Å². The number of oxime groups is 1. The predicted molar refractivity (Wildman–Crippen MR) is 121 cm³/mol. The number of aliphatic hydroxyl groups excluding tert-OH is 1. The van der Waals surface area contributed by atoms with Gasteiger partial charge in [-0.25, -0.2) is 4.79 Å². The lowest BCUT2D eigenvalue weighted by Crippen LogP contribution is -2.63. The summed E-state index contributed by atoms with van der Waals surface area (Å²) < 4.78 is 0. The standard InChI is InChI=1S/C21H31N5O6S/c1-9-16-15(10(2)27)20(29)26(16)17(21(30)31)18(9)33-12-4-13(23-6-12)19(28)25-7-11(5-22)14(8-25)24-32-3/h9-13,15-16,23,27H,4-8,22H2,1-3H3,(H,30,31)/b24-14+/t9-,10-,11?,12+,13+,15-,16-/m1/s1. The number of β-lactam (4-membered cyclic amide) rings is 1. The van der Waals surface area contributed by atoms with Crippen molar-refractivity contribution in [2.24, 2.45) is 28.6 Å². The summed E-state index contributed by atoms with van der Waals surface area (Å²) in [5.41, 5.74) is 6.58. The maximum atomic E-state index is 13.1. The quantitative estimate of drug-likeness (QED) is 0.265. The van der Waals surface area contributed by atoms with Crippen molar-refractivity contribution in [2.75, 3.05) is 33.3 Å². The molecule has 4 aliphatic heterocycles. The molecule has 0 radical (unpaired) electrons. The third-order valence-corrected chi connectivity index (χ3v) is 8.57. The largest absolute Gasteiger partial charge is 0.477 e. The van der Waals surface area contributed by atoms with Crippen LogP contribution in [0.5, 0.6) is 0 Å². The number of fused-ring (bicyclic) bond motifs is 1. The number of carbonyl (C=O) groups excluding carboxylic acids is 2. The van der Waals surface area contributed by atoms with E-state index in [0.717, 1.165) is 5.71 Å². The Morgan fingerprint density at radius 3 is 2.76 bits per heavy atom. The number of thioether (sulfide) groups is 1. The lowest BCUT2D eigenvalue weighted by atomic mass is 9.79. The van der Waals surface area contributed by atoms with E-state index in [9.17, 15) is 24.6 Å². The lowest BCUT2D eigenvalue weighted by Gasteiger charge is -2.46. The number of carbonyl (C=O) groups is 3. The molecule has 182 valence electrons. The molecule has 11 nitrogen and oxygen atoms in total. The molecule has 3 saturated heterocycles. The number of carboxylic acid groups (broad SMARTS) is 1. The molecule has 4 aliphatic rings. The second kappa shape index (κ2) is 9.24. The SMILES string of the molecule is CO/N=C1\CN(C(=O)[C@@H]2C[C@H](SC3=C(C(=O)O)N4C(=O)[C@H]([C@@H](C)O)[C@H]4[C@H]3C)CN2)CC1CN. The molecule has 3 fully saturated rings. The first-order valence-electron chi connectivity index (χ1n) is 11.2. The van der Waals surface area contributed by atoms with E-state index >= 15 is 0 Å². The number of nitrogens with zero attached hydrogens (tertiary/aromatic N) is 3. The molecule has 33 heavy (non-hydrogen) atoms. The van der Waals surface area contributed by atoms with Gasteiger partial charge in [-0.05, 0) is 13.3 Å². The highest BCUT2D eigenvalue weighted by molar-refractivity contribution is 8.03. The molecule has 7 atom stereocenters. The smallest absolute Gasteiger partial charge is 0.353 e. The number of carboxylic acids is 1. The predicted octanol–water partition coefficient (Wildman–Crippen LogP) is -0.977.